The lowest BCUT2D eigenvalue weighted by Crippen LogP contribution is -2.43. The monoisotopic (exact) mass is 465 g/mol. The van der Waals surface area contributed by atoms with Crippen LogP contribution in [0, 0.1) is 0 Å². The molecule has 0 aromatic heterocycles. The molecule has 1 aliphatic carbocycles. The maximum atomic E-state index is 11.8. The fourth-order valence-corrected chi connectivity index (χ4v) is 5.30. The van der Waals surface area contributed by atoms with Crippen LogP contribution in [0.3, 0.4) is 0 Å². The summed E-state index contributed by atoms with van der Waals surface area (Å²) in [4.78, 5) is 29.3. The summed E-state index contributed by atoms with van der Waals surface area (Å²) in [6.07, 6.45) is 18.3. The molecule has 1 rings (SSSR count). The van der Waals surface area contributed by atoms with Crippen molar-refractivity contribution in [3.05, 3.63) is 0 Å². The van der Waals surface area contributed by atoms with Crippen LogP contribution in [0.25, 0.3) is 0 Å². The average molecular weight is 466 g/mol. The second kappa shape index (κ2) is 18.3. The Labute approximate surface area is 187 Å². The van der Waals surface area contributed by atoms with Gasteiger partial charge in [-0.2, -0.15) is 0 Å². The predicted molar refractivity (Wildman–Crippen MR) is 127 cm³/mol. The van der Waals surface area contributed by atoms with Gasteiger partial charge < -0.3 is 25.7 Å². The van der Waals surface area contributed by atoms with Crippen LogP contribution in [0.4, 0.5) is 4.79 Å². The molecule has 5 N–H and O–H groups in total. The van der Waals surface area contributed by atoms with E-state index in [1.165, 1.54) is 70.6 Å². The summed E-state index contributed by atoms with van der Waals surface area (Å²) >= 11 is 0.709. The standard InChI is InChI=1S/C21H44N3O4PS/c25-21(24-20-14-10-9-11-15-20)23-17-13-8-6-4-2-1-3-5-7-12-16-22-18-19-30-29(26,27)28/h20,22H,1-19H2,(H2,23,24,25)(H2,26,27,28). The van der Waals surface area contributed by atoms with Gasteiger partial charge in [0.2, 0.25) is 0 Å². The number of urea groups is 1. The second-order valence-electron chi connectivity index (χ2n) is 8.34. The van der Waals surface area contributed by atoms with Crippen LogP contribution in [-0.2, 0) is 4.57 Å². The van der Waals surface area contributed by atoms with Crippen molar-refractivity contribution < 1.29 is 19.1 Å². The summed E-state index contributed by atoms with van der Waals surface area (Å²) in [6.45, 7) is -1.55. The molecule has 1 fully saturated rings. The van der Waals surface area contributed by atoms with E-state index in [0.29, 0.717) is 29.7 Å². The van der Waals surface area contributed by atoms with Crippen LogP contribution in [0.15, 0.2) is 0 Å². The van der Waals surface area contributed by atoms with Crippen LogP contribution >= 0.6 is 18.2 Å². The minimum atomic E-state index is -3.91. The van der Waals surface area contributed by atoms with Crippen LogP contribution < -0.4 is 16.0 Å². The number of rotatable bonds is 18. The molecule has 0 saturated heterocycles. The van der Waals surface area contributed by atoms with Gasteiger partial charge in [0, 0.05) is 24.9 Å². The molecule has 1 saturated carbocycles. The molecular weight excluding hydrogens is 421 g/mol. The zero-order chi connectivity index (χ0) is 21.9. The Bertz CT molecular complexity index is 473. The van der Waals surface area contributed by atoms with Gasteiger partial charge in [-0.3, -0.25) is 0 Å². The Morgan fingerprint density at radius 1 is 0.800 bits per heavy atom. The molecule has 0 aliphatic heterocycles. The van der Waals surface area contributed by atoms with Crippen molar-refractivity contribution in [2.24, 2.45) is 0 Å². The lowest BCUT2D eigenvalue weighted by molar-refractivity contribution is 0.232. The molecule has 0 heterocycles. The van der Waals surface area contributed by atoms with Gasteiger partial charge in [0.1, 0.15) is 0 Å². The molecule has 178 valence electrons. The van der Waals surface area contributed by atoms with Gasteiger partial charge in [0.15, 0.2) is 0 Å². The number of nitrogens with one attached hydrogen (secondary N) is 3. The molecule has 0 spiro atoms. The molecule has 7 nitrogen and oxygen atoms in total. The minimum absolute atomic E-state index is 0.0112. The van der Waals surface area contributed by atoms with Gasteiger partial charge in [-0.15, -0.1) is 0 Å². The van der Waals surface area contributed by atoms with E-state index in [4.69, 9.17) is 9.79 Å². The Morgan fingerprint density at radius 2 is 1.33 bits per heavy atom. The van der Waals surface area contributed by atoms with Gasteiger partial charge >= 0.3 is 12.8 Å². The average Bonchev–Trinajstić information content (AvgIpc) is 2.70. The molecular formula is C21H44N3O4PS. The maximum absolute atomic E-state index is 11.8. The van der Waals surface area contributed by atoms with Crippen LogP contribution in [0.2, 0.25) is 0 Å². The molecule has 0 unspecified atom stereocenters. The summed E-state index contributed by atoms with van der Waals surface area (Å²) in [5.74, 6) is 0.452. The quantitative estimate of drug-likeness (QED) is 0.145. The van der Waals surface area contributed by atoms with Gasteiger partial charge in [-0.25, -0.2) is 9.36 Å². The number of carbonyl (C=O) groups is 1. The highest BCUT2D eigenvalue weighted by Gasteiger charge is 2.15. The summed E-state index contributed by atoms with van der Waals surface area (Å²) < 4.78 is 10.7. The molecule has 0 aromatic carbocycles. The third-order valence-electron chi connectivity index (χ3n) is 5.54. The molecule has 30 heavy (non-hydrogen) atoms. The maximum Gasteiger partial charge on any atom is 0.384 e. The third-order valence-corrected chi connectivity index (χ3v) is 7.82. The first-order valence-electron chi connectivity index (χ1n) is 11.9. The van der Waals surface area contributed by atoms with Crippen LogP contribution in [0.1, 0.15) is 96.3 Å². The van der Waals surface area contributed by atoms with Gasteiger partial charge in [-0.1, -0.05) is 70.6 Å². The molecule has 0 aromatic rings. The van der Waals surface area contributed by atoms with Gasteiger partial charge in [0.05, 0.1) is 0 Å². The number of unbranched alkanes of at least 4 members (excludes halogenated alkanes) is 9. The van der Waals surface area contributed by atoms with Crippen LogP contribution in [0.5, 0.6) is 0 Å². The van der Waals surface area contributed by atoms with E-state index in [0.717, 1.165) is 38.8 Å². The first-order valence-corrected chi connectivity index (χ1v) is 15.1. The zero-order valence-electron chi connectivity index (χ0n) is 18.6. The summed E-state index contributed by atoms with van der Waals surface area (Å²) in [6, 6.07) is 0.395. The Hall–Kier alpha value is -0.270. The number of hydrogen-bond donors (Lipinski definition) is 5. The fraction of sp³-hybridized carbons (Fsp3) is 0.952. The lowest BCUT2D eigenvalue weighted by atomic mass is 9.96. The summed E-state index contributed by atoms with van der Waals surface area (Å²) in [5, 5.41) is 9.31. The van der Waals surface area contributed by atoms with Crippen molar-refractivity contribution in [3.8, 4) is 0 Å². The zero-order valence-corrected chi connectivity index (χ0v) is 20.3. The normalized spacial score (nSPS) is 15.3. The highest BCUT2D eigenvalue weighted by molar-refractivity contribution is 8.54. The van der Waals surface area contributed by atoms with E-state index in [9.17, 15) is 9.36 Å². The second-order valence-corrected chi connectivity index (χ2v) is 12.2. The smallest absolute Gasteiger partial charge is 0.338 e. The Morgan fingerprint density at radius 3 is 1.90 bits per heavy atom. The number of hydrogen-bond acceptors (Lipinski definition) is 4. The minimum Gasteiger partial charge on any atom is -0.338 e. The van der Waals surface area contributed by atoms with Crippen molar-refractivity contribution in [1.82, 2.24) is 16.0 Å². The topological polar surface area (TPSA) is 111 Å². The van der Waals surface area contributed by atoms with E-state index in [2.05, 4.69) is 16.0 Å². The van der Waals surface area contributed by atoms with E-state index in [1.54, 1.807) is 0 Å². The number of carbonyl (C=O) groups excluding carboxylic acids is 1. The van der Waals surface area contributed by atoms with Gasteiger partial charge in [0.25, 0.3) is 0 Å². The molecule has 1 aliphatic rings. The SMILES string of the molecule is O=C(NCCCCCCCCCCCCNCCSP(=O)(O)O)NC1CCCCC1. The summed E-state index contributed by atoms with van der Waals surface area (Å²) in [7, 11) is 0. The highest BCUT2D eigenvalue weighted by Crippen LogP contribution is 2.49. The summed E-state index contributed by atoms with van der Waals surface area (Å²) in [5.41, 5.74) is 0. The first kappa shape index (κ1) is 27.8. The highest BCUT2D eigenvalue weighted by atomic mass is 32.7. The molecule has 0 radical (unpaired) electrons. The van der Waals surface area contributed by atoms with E-state index >= 15 is 0 Å². The molecule has 2 amide bonds. The fourth-order valence-electron chi connectivity index (χ4n) is 3.84. The van der Waals surface area contributed by atoms with Crippen LogP contribution in [-0.4, -0.2) is 47.2 Å². The van der Waals surface area contributed by atoms with Crippen molar-refractivity contribution in [1.29, 1.82) is 0 Å². The van der Waals surface area contributed by atoms with Gasteiger partial charge in [-0.05, 0) is 43.6 Å². The van der Waals surface area contributed by atoms with Crippen molar-refractivity contribution in [3.63, 3.8) is 0 Å². The van der Waals surface area contributed by atoms with E-state index in [-0.39, 0.29) is 6.03 Å². The Kier molecular flexibility index (Phi) is 17.0. The number of amides is 2. The first-order chi connectivity index (χ1) is 14.5. The largest absolute Gasteiger partial charge is 0.384 e. The van der Waals surface area contributed by atoms with Crippen molar-refractivity contribution in [2.45, 2.75) is 102 Å². The lowest BCUT2D eigenvalue weighted by Gasteiger charge is -2.22. The molecule has 0 atom stereocenters. The van der Waals surface area contributed by atoms with Crippen molar-refractivity contribution in [2.75, 3.05) is 25.4 Å². The van der Waals surface area contributed by atoms with E-state index < -0.39 is 6.80 Å². The Balaban J connectivity index is 1.72. The third kappa shape index (κ3) is 18.5. The molecule has 0 bridgehead atoms. The van der Waals surface area contributed by atoms with Crippen molar-refractivity contribution >= 4 is 24.2 Å². The predicted octanol–water partition coefficient (Wildman–Crippen LogP) is 4.93. The molecule has 9 heteroatoms. The van der Waals surface area contributed by atoms with E-state index in [1.807, 2.05) is 0 Å².